The Kier molecular flexibility index (Phi) is 7.30. The number of anilines is 1. The van der Waals surface area contributed by atoms with Gasteiger partial charge < -0.3 is 15.4 Å². The molecule has 1 atom stereocenters. The normalized spacial score (nSPS) is 11.7. The second-order valence-corrected chi connectivity index (χ2v) is 7.92. The van der Waals surface area contributed by atoms with Crippen LogP contribution in [0.4, 0.5) is 10.5 Å². The van der Waals surface area contributed by atoms with E-state index in [0.717, 1.165) is 11.1 Å². The van der Waals surface area contributed by atoms with Gasteiger partial charge in [-0.1, -0.05) is 30.3 Å². The zero-order valence-electron chi connectivity index (χ0n) is 17.5. The molecule has 162 valence electrons. The van der Waals surface area contributed by atoms with E-state index >= 15 is 0 Å². The number of aromatic amines is 1. The lowest BCUT2D eigenvalue weighted by Gasteiger charge is -2.17. The predicted octanol–water partition coefficient (Wildman–Crippen LogP) is 3.31. The van der Waals surface area contributed by atoms with Crippen molar-refractivity contribution in [3.05, 3.63) is 58.4 Å². The number of benzene rings is 2. The van der Waals surface area contributed by atoms with Crippen molar-refractivity contribution in [1.29, 1.82) is 0 Å². The number of nitrogens with one attached hydrogen (secondary N) is 3. The van der Waals surface area contributed by atoms with E-state index in [-0.39, 0.29) is 5.56 Å². The first-order chi connectivity index (χ1) is 14.9. The van der Waals surface area contributed by atoms with E-state index in [1.165, 1.54) is 7.11 Å². The largest absolute Gasteiger partial charge is 0.467 e. The Hall–Kier alpha value is -3.33. The first-order valence-electron chi connectivity index (χ1n) is 9.67. The Balaban J connectivity index is 1.87. The van der Waals surface area contributed by atoms with Crippen LogP contribution in [0.15, 0.2) is 47.3 Å². The lowest BCUT2D eigenvalue weighted by Crippen LogP contribution is -2.44. The summed E-state index contributed by atoms with van der Waals surface area (Å²) in [4.78, 5) is 36.6. The molecule has 0 fully saturated rings. The van der Waals surface area contributed by atoms with Gasteiger partial charge in [0.1, 0.15) is 6.04 Å². The van der Waals surface area contributed by atoms with Crippen LogP contribution in [0, 0.1) is 6.92 Å². The molecule has 0 aliphatic carbocycles. The average molecular weight is 441 g/mol. The Bertz CT molecular complexity index is 1160. The number of aromatic nitrogens is 2. The molecule has 8 nitrogen and oxygen atoms in total. The molecule has 3 aromatic rings. The lowest BCUT2D eigenvalue weighted by molar-refractivity contribution is -0.142. The van der Waals surface area contributed by atoms with E-state index in [9.17, 15) is 14.4 Å². The summed E-state index contributed by atoms with van der Waals surface area (Å²) in [7, 11) is 1.29. The van der Waals surface area contributed by atoms with Crippen molar-refractivity contribution in [2.24, 2.45) is 0 Å². The Morgan fingerprint density at radius 3 is 2.65 bits per heavy atom. The number of thioether (sulfide) groups is 1. The second kappa shape index (κ2) is 10.1. The van der Waals surface area contributed by atoms with Crippen LogP contribution in [0.3, 0.4) is 0 Å². The van der Waals surface area contributed by atoms with Gasteiger partial charge in [-0.3, -0.25) is 4.79 Å². The summed E-state index contributed by atoms with van der Waals surface area (Å²) in [5.41, 5.74) is 2.49. The summed E-state index contributed by atoms with van der Waals surface area (Å²) in [5.74, 6) is 0.220. The highest BCUT2D eigenvalue weighted by molar-refractivity contribution is 7.98. The van der Waals surface area contributed by atoms with Gasteiger partial charge in [-0.2, -0.15) is 16.9 Å². The molecule has 3 rings (SSSR count). The van der Waals surface area contributed by atoms with Crippen molar-refractivity contribution in [3.8, 4) is 11.3 Å². The van der Waals surface area contributed by atoms with E-state index in [1.54, 1.807) is 30.0 Å². The molecule has 9 heteroatoms. The van der Waals surface area contributed by atoms with Crippen LogP contribution in [0.25, 0.3) is 22.0 Å². The van der Waals surface area contributed by atoms with E-state index < -0.39 is 18.0 Å². The number of rotatable bonds is 7. The third kappa shape index (κ3) is 5.24. The van der Waals surface area contributed by atoms with Crippen molar-refractivity contribution in [3.63, 3.8) is 0 Å². The number of methoxy groups -OCH3 is 1. The number of urea groups is 1. The van der Waals surface area contributed by atoms with Crippen molar-refractivity contribution < 1.29 is 14.3 Å². The maximum absolute atomic E-state index is 12.6. The van der Waals surface area contributed by atoms with Crippen molar-refractivity contribution in [2.45, 2.75) is 19.4 Å². The van der Waals surface area contributed by atoms with Crippen molar-refractivity contribution >= 4 is 40.2 Å². The molecule has 0 saturated heterocycles. The number of ether oxygens (including phenoxy) is 1. The maximum atomic E-state index is 12.6. The van der Waals surface area contributed by atoms with Gasteiger partial charge >= 0.3 is 12.0 Å². The summed E-state index contributed by atoms with van der Waals surface area (Å²) >= 11 is 1.58. The van der Waals surface area contributed by atoms with Gasteiger partial charge in [0, 0.05) is 16.6 Å². The van der Waals surface area contributed by atoms with Gasteiger partial charge in [0.05, 0.1) is 18.2 Å². The summed E-state index contributed by atoms with van der Waals surface area (Å²) < 4.78 is 4.78. The SMILES string of the molecule is COC(=O)[C@@H](CCSC)NC(=O)Nc1cc(-c2n[nH]c(=O)c3ccccc23)ccc1C. The molecular formula is C22H24N4O4S. The quantitative estimate of drug-likeness (QED) is 0.486. The number of amides is 2. The van der Waals surface area contributed by atoms with E-state index in [0.29, 0.717) is 34.3 Å². The number of esters is 1. The molecule has 0 unspecified atom stereocenters. The van der Waals surface area contributed by atoms with Gasteiger partial charge in [0.25, 0.3) is 5.56 Å². The first-order valence-corrected chi connectivity index (χ1v) is 11.1. The van der Waals surface area contributed by atoms with Gasteiger partial charge in [-0.05, 0) is 43.0 Å². The van der Waals surface area contributed by atoms with Crippen LogP contribution < -0.4 is 16.2 Å². The highest BCUT2D eigenvalue weighted by Crippen LogP contribution is 2.28. The van der Waals surface area contributed by atoms with E-state index in [1.807, 2.05) is 37.4 Å². The van der Waals surface area contributed by atoms with Gasteiger partial charge in [-0.15, -0.1) is 0 Å². The number of hydrogen-bond donors (Lipinski definition) is 3. The molecule has 3 N–H and O–H groups in total. The minimum absolute atomic E-state index is 0.261. The fourth-order valence-corrected chi connectivity index (χ4v) is 3.65. The first kappa shape index (κ1) is 22.4. The van der Waals surface area contributed by atoms with Crippen LogP contribution in [0.1, 0.15) is 12.0 Å². The number of nitrogens with zero attached hydrogens (tertiary/aromatic N) is 1. The fourth-order valence-electron chi connectivity index (χ4n) is 3.18. The van der Waals surface area contributed by atoms with Crippen molar-refractivity contribution in [2.75, 3.05) is 24.4 Å². The molecule has 0 bridgehead atoms. The minimum Gasteiger partial charge on any atom is -0.467 e. The number of fused-ring (bicyclic) bond motifs is 1. The third-order valence-electron chi connectivity index (χ3n) is 4.86. The topological polar surface area (TPSA) is 113 Å². The molecule has 0 radical (unpaired) electrons. The van der Waals surface area contributed by atoms with E-state index in [2.05, 4.69) is 20.8 Å². The predicted molar refractivity (Wildman–Crippen MR) is 123 cm³/mol. The van der Waals surface area contributed by atoms with Crippen LogP contribution in [-0.2, 0) is 9.53 Å². The molecule has 0 spiro atoms. The number of H-pyrrole nitrogens is 1. The third-order valence-corrected chi connectivity index (χ3v) is 5.50. The van der Waals surface area contributed by atoms with Crippen LogP contribution in [0.2, 0.25) is 0 Å². The summed E-state index contributed by atoms with van der Waals surface area (Å²) in [6.07, 6.45) is 2.39. The summed E-state index contributed by atoms with van der Waals surface area (Å²) in [5, 5.41) is 13.5. The highest BCUT2D eigenvalue weighted by atomic mass is 32.2. The number of hydrogen-bond acceptors (Lipinski definition) is 6. The summed E-state index contributed by atoms with van der Waals surface area (Å²) in [6.45, 7) is 1.86. The molecule has 0 saturated carbocycles. The molecule has 1 heterocycles. The number of carbonyl (C=O) groups excluding carboxylic acids is 2. The van der Waals surface area contributed by atoms with E-state index in [4.69, 9.17) is 4.74 Å². The standard InChI is InChI=1S/C22H24N4O4S/c1-13-8-9-14(19-15-6-4-5-7-16(15)20(27)26-25-19)12-18(13)24-22(29)23-17(10-11-31-3)21(28)30-2/h4-9,12,17H,10-11H2,1-3H3,(H,26,27)(H2,23,24,29)/t17-/m1/s1. The second-order valence-electron chi connectivity index (χ2n) is 6.93. The molecule has 2 aromatic carbocycles. The van der Waals surface area contributed by atoms with Crippen LogP contribution >= 0.6 is 11.8 Å². The van der Waals surface area contributed by atoms with Crippen molar-refractivity contribution in [1.82, 2.24) is 15.5 Å². The smallest absolute Gasteiger partial charge is 0.328 e. The zero-order chi connectivity index (χ0) is 22.4. The van der Waals surface area contributed by atoms with Crippen LogP contribution in [0.5, 0.6) is 0 Å². The number of carbonyl (C=O) groups is 2. The summed E-state index contributed by atoms with van der Waals surface area (Å²) in [6, 6.07) is 11.5. The Morgan fingerprint density at radius 1 is 1.19 bits per heavy atom. The lowest BCUT2D eigenvalue weighted by atomic mass is 10.0. The minimum atomic E-state index is -0.731. The fraction of sp³-hybridized carbons (Fsp3) is 0.273. The zero-order valence-corrected chi connectivity index (χ0v) is 18.3. The monoisotopic (exact) mass is 440 g/mol. The number of aryl methyl sites for hydroxylation is 1. The van der Waals surface area contributed by atoms with Gasteiger partial charge in [0.2, 0.25) is 0 Å². The Labute approximate surface area is 183 Å². The molecule has 31 heavy (non-hydrogen) atoms. The maximum Gasteiger partial charge on any atom is 0.328 e. The molecule has 2 amide bonds. The van der Waals surface area contributed by atoms with Gasteiger partial charge in [-0.25, -0.2) is 14.7 Å². The molecule has 0 aliphatic heterocycles. The molecule has 0 aliphatic rings. The highest BCUT2D eigenvalue weighted by Gasteiger charge is 2.21. The molecular weight excluding hydrogens is 416 g/mol. The average Bonchev–Trinajstić information content (AvgIpc) is 2.78. The van der Waals surface area contributed by atoms with Crippen LogP contribution in [-0.4, -0.2) is 47.4 Å². The molecule has 1 aromatic heterocycles. The Morgan fingerprint density at radius 2 is 1.94 bits per heavy atom. The van der Waals surface area contributed by atoms with Gasteiger partial charge in [0.15, 0.2) is 0 Å².